The second-order valence-corrected chi connectivity index (χ2v) is 7.84. The smallest absolute Gasteiger partial charge is 0.387 e. The predicted octanol–water partition coefficient (Wildman–Crippen LogP) is 3.25. The molecule has 0 atom stereocenters. The normalized spacial score (nSPS) is 17.5. The zero-order valence-electron chi connectivity index (χ0n) is 16.5. The van der Waals surface area contributed by atoms with Crippen molar-refractivity contribution < 1.29 is 18.3 Å². The molecule has 8 heteroatoms. The molecule has 1 fully saturated rings. The highest BCUT2D eigenvalue weighted by molar-refractivity contribution is 5.94. The highest BCUT2D eigenvalue weighted by Crippen LogP contribution is 2.25. The Kier molecular flexibility index (Phi) is 5.80. The Balaban J connectivity index is 1.44. The third kappa shape index (κ3) is 4.58. The number of aryl methyl sites for hydroxylation is 1. The number of fused-ring (bicyclic) bond motifs is 1. The first-order valence-corrected chi connectivity index (χ1v) is 10.1. The summed E-state index contributed by atoms with van der Waals surface area (Å²) in [4.78, 5) is 15.0. The molecule has 156 valence electrons. The van der Waals surface area contributed by atoms with Crippen molar-refractivity contribution in [1.82, 2.24) is 20.0 Å². The van der Waals surface area contributed by atoms with E-state index in [2.05, 4.69) is 20.1 Å². The lowest BCUT2D eigenvalue weighted by Gasteiger charge is -2.27. The molecule has 0 unspecified atom stereocenters. The van der Waals surface area contributed by atoms with Crippen LogP contribution in [0.4, 0.5) is 8.78 Å². The summed E-state index contributed by atoms with van der Waals surface area (Å²) in [5, 5.41) is 7.64. The number of aromatic nitrogens is 2. The number of ether oxygens (including phenoxy) is 1. The van der Waals surface area contributed by atoms with Gasteiger partial charge in [-0.2, -0.15) is 13.9 Å². The molecule has 1 aromatic carbocycles. The van der Waals surface area contributed by atoms with Crippen molar-refractivity contribution in [3.8, 4) is 5.75 Å². The summed E-state index contributed by atoms with van der Waals surface area (Å²) >= 11 is 0. The van der Waals surface area contributed by atoms with E-state index in [4.69, 9.17) is 0 Å². The van der Waals surface area contributed by atoms with Crippen LogP contribution in [-0.2, 0) is 26.6 Å². The Hall–Kier alpha value is -2.48. The number of hydrogen-bond acceptors (Lipinski definition) is 4. The number of alkyl halides is 2. The molecule has 1 aromatic heterocycles. The molecule has 0 bridgehead atoms. The molecule has 1 aliphatic carbocycles. The molecule has 1 N–H and O–H groups in total. The first kappa shape index (κ1) is 19.8. The number of amides is 1. The van der Waals surface area contributed by atoms with Gasteiger partial charge in [0.2, 0.25) is 0 Å². The van der Waals surface area contributed by atoms with E-state index in [0.29, 0.717) is 18.8 Å². The van der Waals surface area contributed by atoms with Crippen LogP contribution in [0.2, 0.25) is 0 Å². The minimum Gasteiger partial charge on any atom is -0.435 e. The minimum absolute atomic E-state index is 0.0795. The van der Waals surface area contributed by atoms with Gasteiger partial charge >= 0.3 is 6.61 Å². The van der Waals surface area contributed by atoms with Crippen LogP contribution in [0.3, 0.4) is 0 Å². The predicted molar refractivity (Wildman–Crippen MR) is 104 cm³/mol. The summed E-state index contributed by atoms with van der Waals surface area (Å²) in [6.07, 6.45) is 5.23. The Morgan fingerprint density at radius 1 is 1.28 bits per heavy atom. The Morgan fingerprint density at radius 3 is 2.69 bits per heavy atom. The first-order valence-electron chi connectivity index (χ1n) is 10.1. The van der Waals surface area contributed by atoms with E-state index in [-0.39, 0.29) is 17.7 Å². The van der Waals surface area contributed by atoms with E-state index in [1.165, 1.54) is 12.8 Å². The summed E-state index contributed by atoms with van der Waals surface area (Å²) in [5.74, 6) is 0.0758. The van der Waals surface area contributed by atoms with Gasteiger partial charge in [0.1, 0.15) is 5.75 Å². The quantitative estimate of drug-likeness (QED) is 0.803. The second kappa shape index (κ2) is 8.49. The van der Waals surface area contributed by atoms with Crippen LogP contribution in [0.15, 0.2) is 24.3 Å². The number of halogens is 2. The van der Waals surface area contributed by atoms with Crippen LogP contribution in [0.25, 0.3) is 0 Å². The summed E-state index contributed by atoms with van der Waals surface area (Å²) in [5.41, 5.74) is 3.64. The summed E-state index contributed by atoms with van der Waals surface area (Å²) in [7, 11) is 1.89. The third-order valence-corrected chi connectivity index (χ3v) is 5.78. The van der Waals surface area contributed by atoms with Gasteiger partial charge in [-0.1, -0.05) is 25.0 Å². The highest BCUT2D eigenvalue weighted by atomic mass is 19.3. The Labute approximate surface area is 168 Å². The van der Waals surface area contributed by atoms with Crippen LogP contribution in [0.5, 0.6) is 5.75 Å². The fourth-order valence-electron chi connectivity index (χ4n) is 4.32. The standard InChI is InChI=1S/C21H26F2N4O2/c1-26-18-10-11-27(12-14-6-8-16(9-7-14)29-21(22)23)13-17(18)19(25-26)20(28)24-15-4-2-3-5-15/h6-9,15,21H,2-5,10-13H2,1H3,(H,24,28). The summed E-state index contributed by atoms with van der Waals surface area (Å²) in [6, 6.07) is 6.96. The third-order valence-electron chi connectivity index (χ3n) is 5.78. The number of carbonyl (C=O) groups excluding carboxylic acids is 1. The molecule has 1 aliphatic heterocycles. The molecular weight excluding hydrogens is 378 g/mol. The topological polar surface area (TPSA) is 59.4 Å². The van der Waals surface area contributed by atoms with Crippen molar-refractivity contribution in [2.75, 3.05) is 6.54 Å². The number of rotatable bonds is 6. The maximum absolute atomic E-state index is 12.8. The number of nitrogens with zero attached hydrogens (tertiary/aromatic N) is 3. The molecule has 1 saturated carbocycles. The van der Waals surface area contributed by atoms with Crippen molar-refractivity contribution in [2.24, 2.45) is 7.05 Å². The van der Waals surface area contributed by atoms with E-state index < -0.39 is 6.61 Å². The average Bonchev–Trinajstić information content (AvgIpc) is 3.31. The van der Waals surface area contributed by atoms with Gasteiger partial charge in [-0.25, -0.2) is 0 Å². The fraction of sp³-hybridized carbons (Fsp3) is 0.524. The van der Waals surface area contributed by atoms with Gasteiger partial charge in [-0.15, -0.1) is 0 Å². The molecule has 6 nitrogen and oxygen atoms in total. The Morgan fingerprint density at radius 2 is 2.00 bits per heavy atom. The average molecular weight is 404 g/mol. The van der Waals surface area contributed by atoms with Crippen LogP contribution in [0, 0.1) is 0 Å². The first-order chi connectivity index (χ1) is 14.0. The lowest BCUT2D eigenvalue weighted by molar-refractivity contribution is -0.0498. The second-order valence-electron chi connectivity index (χ2n) is 7.84. The van der Waals surface area contributed by atoms with Crippen LogP contribution in [0.1, 0.15) is 53.0 Å². The lowest BCUT2D eigenvalue weighted by Crippen LogP contribution is -2.35. The zero-order chi connectivity index (χ0) is 20.4. The van der Waals surface area contributed by atoms with E-state index in [1.54, 1.807) is 24.3 Å². The molecule has 2 heterocycles. The van der Waals surface area contributed by atoms with Crippen molar-refractivity contribution in [2.45, 2.75) is 57.8 Å². The molecule has 4 rings (SSSR count). The van der Waals surface area contributed by atoms with Gasteiger partial charge in [0.25, 0.3) is 5.91 Å². The molecular formula is C21H26F2N4O2. The molecule has 1 amide bonds. The van der Waals surface area contributed by atoms with Crippen molar-refractivity contribution in [3.63, 3.8) is 0 Å². The van der Waals surface area contributed by atoms with Gasteiger partial charge in [-0.3, -0.25) is 14.4 Å². The highest BCUT2D eigenvalue weighted by Gasteiger charge is 2.28. The van der Waals surface area contributed by atoms with E-state index in [9.17, 15) is 13.6 Å². The lowest BCUT2D eigenvalue weighted by atomic mass is 10.0. The molecule has 0 spiro atoms. The van der Waals surface area contributed by atoms with Gasteiger partial charge in [-0.05, 0) is 30.5 Å². The van der Waals surface area contributed by atoms with Crippen molar-refractivity contribution in [1.29, 1.82) is 0 Å². The Bertz CT molecular complexity index is 860. The monoisotopic (exact) mass is 404 g/mol. The van der Waals surface area contributed by atoms with E-state index >= 15 is 0 Å². The zero-order valence-corrected chi connectivity index (χ0v) is 16.5. The molecule has 2 aliphatic rings. The van der Waals surface area contributed by atoms with Gasteiger partial charge in [0, 0.05) is 50.4 Å². The van der Waals surface area contributed by atoms with Crippen molar-refractivity contribution >= 4 is 5.91 Å². The molecule has 29 heavy (non-hydrogen) atoms. The van der Waals surface area contributed by atoms with Crippen LogP contribution >= 0.6 is 0 Å². The van der Waals surface area contributed by atoms with Gasteiger partial charge in [0.05, 0.1) is 0 Å². The number of carbonyl (C=O) groups is 1. The van der Waals surface area contributed by atoms with Crippen LogP contribution < -0.4 is 10.1 Å². The maximum atomic E-state index is 12.8. The minimum atomic E-state index is -2.82. The van der Waals surface area contributed by atoms with E-state index in [1.807, 2.05) is 11.7 Å². The fourth-order valence-corrected chi connectivity index (χ4v) is 4.32. The maximum Gasteiger partial charge on any atom is 0.387 e. The number of nitrogens with one attached hydrogen (secondary N) is 1. The van der Waals surface area contributed by atoms with Gasteiger partial charge < -0.3 is 10.1 Å². The largest absolute Gasteiger partial charge is 0.435 e. The number of hydrogen-bond donors (Lipinski definition) is 1. The summed E-state index contributed by atoms with van der Waals surface area (Å²) in [6.45, 7) is -0.648. The molecule has 0 radical (unpaired) electrons. The SMILES string of the molecule is Cn1nc(C(=O)NC2CCCC2)c2c1CCN(Cc1ccc(OC(F)F)cc1)C2. The summed E-state index contributed by atoms with van der Waals surface area (Å²) < 4.78 is 30.8. The molecule has 2 aromatic rings. The van der Waals surface area contributed by atoms with Gasteiger partial charge in [0.15, 0.2) is 5.69 Å². The van der Waals surface area contributed by atoms with E-state index in [0.717, 1.165) is 42.6 Å². The molecule has 0 saturated heterocycles. The number of benzene rings is 1. The van der Waals surface area contributed by atoms with Crippen LogP contribution in [-0.4, -0.2) is 39.8 Å². The van der Waals surface area contributed by atoms with Crippen molar-refractivity contribution in [3.05, 3.63) is 46.8 Å².